The molecule has 1 aromatic rings. The number of carbonyl (C=O) groups is 1. The molecule has 0 aliphatic carbocycles. The highest BCUT2D eigenvalue weighted by atomic mass is 35.5. The molecule has 0 spiro atoms. The first-order valence-electron chi connectivity index (χ1n) is 6.82. The minimum Gasteiger partial charge on any atom is -0.339 e. The quantitative estimate of drug-likeness (QED) is 0.777. The van der Waals surface area contributed by atoms with E-state index in [0.29, 0.717) is 18.1 Å². The maximum absolute atomic E-state index is 12.7. The summed E-state index contributed by atoms with van der Waals surface area (Å²) in [6.45, 7) is 14.1. The smallest absolute Gasteiger partial charge is 0.255 e. The van der Waals surface area contributed by atoms with Gasteiger partial charge in [-0.2, -0.15) is 0 Å². The Morgan fingerprint density at radius 2 is 1.74 bits per heavy atom. The fraction of sp³-hybridized carbons (Fsp3) is 0.533. The summed E-state index contributed by atoms with van der Waals surface area (Å²) >= 11 is 6.43. The second-order valence-corrected chi connectivity index (χ2v) is 11.3. The molecule has 0 atom stereocenters. The molecule has 0 heterocycles. The van der Waals surface area contributed by atoms with Crippen molar-refractivity contribution in [1.29, 1.82) is 0 Å². The standard InChI is InChI=1S/C15H24ClNOSi/c1-7-17(8-2)15(18)13-12(19(4,5)6)10-9-11(3)14(13)16/h9-10H,7-8H2,1-6H3. The summed E-state index contributed by atoms with van der Waals surface area (Å²) in [5.74, 6) is 0.0659. The molecule has 0 aliphatic heterocycles. The van der Waals surface area contributed by atoms with E-state index in [0.717, 1.165) is 16.3 Å². The van der Waals surface area contributed by atoms with Crippen molar-refractivity contribution in [2.75, 3.05) is 13.1 Å². The van der Waals surface area contributed by atoms with E-state index in [1.807, 2.05) is 31.7 Å². The Balaban J connectivity index is 3.47. The third kappa shape index (κ3) is 3.40. The van der Waals surface area contributed by atoms with Crippen molar-refractivity contribution in [3.05, 3.63) is 28.3 Å². The van der Waals surface area contributed by atoms with Gasteiger partial charge in [-0.05, 0) is 31.5 Å². The van der Waals surface area contributed by atoms with Crippen LogP contribution in [0.15, 0.2) is 12.1 Å². The number of benzene rings is 1. The summed E-state index contributed by atoms with van der Waals surface area (Å²) in [5, 5.41) is 1.77. The maximum atomic E-state index is 12.7. The molecule has 1 amide bonds. The normalized spacial score (nSPS) is 11.5. The van der Waals surface area contributed by atoms with Gasteiger partial charge in [0.05, 0.1) is 18.7 Å². The summed E-state index contributed by atoms with van der Waals surface area (Å²) in [4.78, 5) is 14.5. The van der Waals surface area contributed by atoms with Crippen LogP contribution in [0.2, 0.25) is 24.7 Å². The van der Waals surface area contributed by atoms with E-state index in [2.05, 4.69) is 25.7 Å². The van der Waals surface area contributed by atoms with E-state index in [-0.39, 0.29) is 5.91 Å². The van der Waals surface area contributed by atoms with Crippen LogP contribution >= 0.6 is 11.6 Å². The van der Waals surface area contributed by atoms with Gasteiger partial charge < -0.3 is 4.90 Å². The largest absolute Gasteiger partial charge is 0.339 e. The van der Waals surface area contributed by atoms with Gasteiger partial charge in [0.2, 0.25) is 0 Å². The summed E-state index contributed by atoms with van der Waals surface area (Å²) in [7, 11) is -1.60. The van der Waals surface area contributed by atoms with E-state index in [1.54, 1.807) is 0 Å². The van der Waals surface area contributed by atoms with Gasteiger partial charge in [0.15, 0.2) is 0 Å². The van der Waals surface area contributed by atoms with Gasteiger partial charge in [0.25, 0.3) is 5.91 Å². The molecule has 106 valence electrons. The Hall–Kier alpha value is -0.803. The summed E-state index contributed by atoms with van der Waals surface area (Å²) in [6, 6.07) is 4.11. The van der Waals surface area contributed by atoms with Crippen molar-refractivity contribution < 1.29 is 4.79 Å². The first kappa shape index (κ1) is 16.3. The van der Waals surface area contributed by atoms with E-state index in [9.17, 15) is 4.79 Å². The predicted molar refractivity (Wildman–Crippen MR) is 86.4 cm³/mol. The highest BCUT2D eigenvalue weighted by Crippen LogP contribution is 2.23. The molecule has 19 heavy (non-hydrogen) atoms. The van der Waals surface area contributed by atoms with Crippen LogP contribution in [0.25, 0.3) is 0 Å². The number of amides is 1. The monoisotopic (exact) mass is 297 g/mol. The molecule has 0 bridgehead atoms. The lowest BCUT2D eigenvalue weighted by atomic mass is 10.1. The third-order valence-electron chi connectivity index (χ3n) is 3.41. The van der Waals surface area contributed by atoms with E-state index < -0.39 is 8.07 Å². The van der Waals surface area contributed by atoms with Crippen molar-refractivity contribution in [1.82, 2.24) is 4.90 Å². The molecule has 1 rings (SSSR count). The maximum Gasteiger partial charge on any atom is 0.255 e. The molecule has 0 saturated carbocycles. The zero-order chi connectivity index (χ0) is 14.8. The second kappa shape index (κ2) is 6.10. The fourth-order valence-electron chi connectivity index (χ4n) is 2.18. The summed E-state index contributed by atoms with van der Waals surface area (Å²) in [5.41, 5.74) is 1.70. The number of rotatable bonds is 4. The van der Waals surface area contributed by atoms with E-state index >= 15 is 0 Å². The van der Waals surface area contributed by atoms with Crippen LogP contribution in [0.5, 0.6) is 0 Å². The highest BCUT2D eigenvalue weighted by molar-refractivity contribution is 6.89. The van der Waals surface area contributed by atoms with Crippen LogP contribution in [0.4, 0.5) is 0 Å². The van der Waals surface area contributed by atoms with Crippen molar-refractivity contribution in [2.24, 2.45) is 0 Å². The Bertz CT molecular complexity index is 476. The fourth-order valence-corrected chi connectivity index (χ4v) is 4.07. The molecule has 0 fully saturated rings. The molecular weight excluding hydrogens is 274 g/mol. The molecule has 0 unspecified atom stereocenters. The predicted octanol–water partition coefficient (Wildman–Crippen LogP) is 3.68. The number of carbonyl (C=O) groups excluding carboxylic acids is 1. The molecule has 0 radical (unpaired) electrons. The van der Waals surface area contributed by atoms with Crippen LogP contribution in [-0.4, -0.2) is 32.0 Å². The molecule has 0 aromatic heterocycles. The number of halogens is 1. The Morgan fingerprint density at radius 1 is 1.21 bits per heavy atom. The number of nitrogens with zero attached hydrogens (tertiary/aromatic N) is 1. The van der Waals surface area contributed by atoms with Gasteiger partial charge in [-0.1, -0.05) is 43.4 Å². The van der Waals surface area contributed by atoms with Gasteiger partial charge in [0.1, 0.15) is 0 Å². The van der Waals surface area contributed by atoms with Gasteiger partial charge in [0, 0.05) is 13.1 Å². The topological polar surface area (TPSA) is 20.3 Å². The highest BCUT2D eigenvalue weighted by Gasteiger charge is 2.28. The summed E-state index contributed by atoms with van der Waals surface area (Å²) < 4.78 is 0. The van der Waals surface area contributed by atoms with Crippen molar-refractivity contribution in [3.63, 3.8) is 0 Å². The average Bonchev–Trinajstić information content (AvgIpc) is 2.32. The molecule has 0 N–H and O–H groups in total. The van der Waals surface area contributed by atoms with Crippen LogP contribution in [0, 0.1) is 6.92 Å². The molecule has 0 aliphatic rings. The van der Waals surface area contributed by atoms with Crippen molar-refractivity contribution in [2.45, 2.75) is 40.4 Å². The molecule has 1 aromatic carbocycles. The minimum absolute atomic E-state index is 0.0659. The molecule has 4 heteroatoms. The molecular formula is C15H24ClNOSi. The van der Waals surface area contributed by atoms with Gasteiger partial charge in [-0.15, -0.1) is 0 Å². The molecule has 0 saturated heterocycles. The van der Waals surface area contributed by atoms with Crippen LogP contribution < -0.4 is 5.19 Å². The lowest BCUT2D eigenvalue weighted by Gasteiger charge is -2.26. The Morgan fingerprint density at radius 3 is 2.16 bits per heavy atom. The van der Waals surface area contributed by atoms with Crippen molar-refractivity contribution in [3.8, 4) is 0 Å². The Kier molecular flexibility index (Phi) is 5.22. The van der Waals surface area contributed by atoms with Crippen molar-refractivity contribution >= 4 is 30.8 Å². The first-order valence-corrected chi connectivity index (χ1v) is 10.7. The number of aryl methyl sites for hydroxylation is 1. The van der Waals surface area contributed by atoms with Gasteiger partial charge in [-0.3, -0.25) is 4.79 Å². The lowest BCUT2D eigenvalue weighted by molar-refractivity contribution is 0.0774. The number of hydrogen-bond acceptors (Lipinski definition) is 1. The summed E-state index contributed by atoms with van der Waals surface area (Å²) in [6.07, 6.45) is 0. The zero-order valence-electron chi connectivity index (χ0n) is 12.8. The van der Waals surface area contributed by atoms with Gasteiger partial charge >= 0.3 is 0 Å². The van der Waals surface area contributed by atoms with E-state index in [1.165, 1.54) is 0 Å². The van der Waals surface area contributed by atoms with Crippen LogP contribution in [0.1, 0.15) is 29.8 Å². The zero-order valence-corrected chi connectivity index (χ0v) is 14.6. The second-order valence-electron chi connectivity index (χ2n) is 5.85. The number of hydrogen-bond donors (Lipinski definition) is 0. The van der Waals surface area contributed by atoms with Crippen LogP contribution in [-0.2, 0) is 0 Å². The minimum atomic E-state index is -1.60. The van der Waals surface area contributed by atoms with Crippen LogP contribution in [0.3, 0.4) is 0 Å². The lowest BCUT2D eigenvalue weighted by Crippen LogP contribution is -2.44. The Labute approximate surface area is 122 Å². The van der Waals surface area contributed by atoms with Gasteiger partial charge in [-0.25, -0.2) is 0 Å². The SMILES string of the molecule is CCN(CC)C(=O)c1c([Si](C)(C)C)ccc(C)c1Cl. The first-order chi connectivity index (χ1) is 8.73. The third-order valence-corrected chi connectivity index (χ3v) is 5.93. The average molecular weight is 298 g/mol. The molecule has 2 nitrogen and oxygen atoms in total. The van der Waals surface area contributed by atoms with E-state index in [4.69, 9.17) is 11.6 Å².